The Bertz CT molecular complexity index is 906. The van der Waals surface area contributed by atoms with E-state index in [2.05, 4.69) is 27.2 Å². The number of aromatic nitrogens is 3. The van der Waals surface area contributed by atoms with Crippen LogP contribution in [0.2, 0.25) is 5.28 Å². The Hall–Kier alpha value is -1.25. The Morgan fingerprint density at radius 2 is 2.07 bits per heavy atom. The molecule has 27 heavy (non-hydrogen) atoms. The third kappa shape index (κ3) is 5.39. The van der Waals surface area contributed by atoms with Gasteiger partial charge >= 0.3 is 0 Å². The molecule has 1 atom stereocenters. The third-order valence-corrected chi connectivity index (χ3v) is 5.59. The summed E-state index contributed by atoms with van der Waals surface area (Å²) in [6.45, 7) is 4.38. The molecule has 0 saturated carbocycles. The van der Waals surface area contributed by atoms with Crippen LogP contribution in [0.15, 0.2) is 18.5 Å². The van der Waals surface area contributed by atoms with Crippen LogP contribution in [0.25, 0.3) is 10.2 Å². The molecule has 3 rings (SSSR count). The van der Waals surface area contributed by atoms with E-state index in [0.29, 0.717) is 11.4 Å². The molecule has 0 aromatic carbocycles. The molecular formula is C17H21Cl3FN5S. The molecule has 3 N–H and O–H groups in total. The number of hydrogen-bond donors (Lipinski definition) is 2. The summed E-state index contributed by atoms with van der Waals surface area (Å²) in [5.41, 5.74) is 8.51. The van der Waals surface area contributed by atoms with Crippen LogP contribution in [0.4, 0.5) is 10.2 Å². The average molecular weight is 453 g/mol. The molecular weight excluding hydrogens is 432 g/mol. The molecule has 5 nitrogen and oxygen atoms in total. The minimum absolute atomic E-state index is 0. The van der Waals surface area contributed by atoms with Gasteiger partial charge in [0.1, 0.15) is 11.6 Å². The first-order chi connectivity index (χ1) is 12.0. The number of thiophene rings is 1. The Labute approximate surface area is 178 Å². The molecule has 0 unspecified atom stereocenters. The lowest BCUT2D eigenvalue weighted by atomic mass is 10.1. The topological polar surface area (TPSA) is 76.7 Å². The number of fused-ring (bicyclic) bond motifs is 1. The summed E-state index contributed by atoms with van der Waals surface area (Å²) >= 11 is 7.69. The van der Waals surface area contributed by atoms with Crippen molar-refractivity contribution >= 4 is 63.8 Å². The van der Waals surface area contributed by atoms with E-state index < -0.39 is 0 Å². The fourth-order valence-electron chi connectivity index (χ4n) is 2.53. The molecule has 10 heteroatoms. The lowest BCUT2D eigenvalue weighted by Crippen LogP contribution is -2.21. The van der Waals surface area contributed by atoms with Gasteiger partial charge in [0.05, 0.1) is 16.4 Å². The van der Waals surface area contributed by atoms with E-state index in [1.54, 1.807) is 23.6 Å². The van der Waals surface area contributed by atoms with Crippen LogP contribution < -0.4 is 11.1 Å². The number of nitrogens with zero attached hydrogens (tertiary/aromatic N) is 3. The Morgan fingerprint density at radius 3 is 2.74 bits per heavy atom. The molecule has 3 heterocycles. The Balaban J connectivity index is 0.00000182. The first-order valence-electron chi connectivity index (χ1n) is 8.03. The van der Waals surface area contributed by atoms with Crippen molar-refractivity contribution in [3.05, 3.63) is 45.6 Å². The number of aryl methyl sites for hydroxylation is 1. The van der Waals surface area contributed by atoms with Crippen molar-refractivity contribution in [1.82, 2.24) is 15.0 Å². The van der Waals surface area contributed by atoms with Gasteiger partial charge < -0.3 is 11.1 Å². The zero-order valence-corrected chi connectivity index (χ0v) is 18.0. The minimum atomic E-state index is -0.358. The largest absolute Gasteiger partial charge is 0.365 e. The number of halogens is 4. The predicted octanol–water partition coefficient (Wildman–Crippen LogP) is 4.92. The van der Waals surface area contributed by atoms with Gasteiger partial charge in [-0.2, -0.15) is 4.98 Å². The van der Waals surface area contributed by atoms with Crippen LogP contribution in [0.3, 0.4) is 0 Å². The van der Waals surface area contributed by atoms with E-state index in [4.69, 9.17) is 17.3 Å². The maximum atomic E-state index is 13.8. The van der Waals surface area contributed by atoms with Gasteiger partial charge in [-0.1, -0.05) is 6.92 Å². The van der Waals surface area contributed by atoms with Crippen molar-refractivity contribution in [2.45, 2.75) is 39.3 Å². The molecule has 0 bridgehead atoms. The monoisotopic (exact) mass is 451 g/mol. The van der Waals surface area contributed by atoms with E-state index in [9.17, 15) is 4.39 Å². The molecule has 0 amide bonds. The molecule has 0 fully saturated rings. The number of nitrogens with one attached hydrogen (secondary N) is 1. The van der Waals surface area contributed by atoms with Gasteiger partial charge in [0.15, 0.2) is 0 Å². The number of pyridine rings is 1. The van der Waals surface area contributed by atoms with Crippen molar-refractivity contribution in [2.75, 3.05) is 5.32 Å². The van der Waals surface area contributed by atoms with Crippen LogP contribution in [0.1, 0.15) is 29.3 Å². The van der Waals surface area contributed by atoms with Crippen LogP contribution in [-0.4, -0.2) is 21.0 Å². The first-order valence-corrected chi connectivity index (χ1v) is 9.22. The summed E-state index contributed by atoms with van der Waals surface area (Å²) in [6.07, 6.45) is 4.45. The fraction of sp³-hybridized carbons (Fsp3) is 0.353. The second kappa shape index (κ2) is 10.3. The highest BCUT2D eigenvalue weighted by atomic mass is 35.5. The minimum Gasteiger partial charge on any atom is -0.365 e. The van der Waals surface area contributed by atoms with E-state index in [1.807, 2.05) is 6.92 Å². The van der Waals surface area contributed by atoms with Crippen LogP contribution in [-0.2, 0) is 13.0 Å². The van der Waals surface area contributed by atoms with Crippen LogP contribution >= 0.6 is 47.8 Å². The smallest absolute Gasteiger partial charge is 0.224 e. The fourth-order valence-corrected chi connectivity index (χ4v) is 4.00. The number of anilines is 1. The normalized spacial score (nSPS) is 11.6. The molecule has 148 valence electrons. The SMILES string of the molecule is CC[C@H](N)Cc1sc2c(NCc3ccncc3F)nc(Cl)nc2c1C.Cl.Cl. The average Bonchev–Trinajstić information content (AvgIpc) is 2.90. The van der Waals surface area contributed by atoms with Crippen molar-refractivity contribution in [3.8, 4) is 0 Å². The molecule has 0 spiro atoms. The van der Waals surface area contributed by atoms with Gasteiger partial charge in [0.25, 0.3) is 0 Å². The van der Waals surface area contributed by atoms with E-state index in [0.717, 1.165) is 28.6 Å². The number of rotatable bonds is 6. The zero-order chi connectivity index (χ0) is 18.0. The second-order valence-corrected chi connectivity index (χ2v) is 7.31. The number of hydrogen-bond acceptors (Lipinski definition) is 6. The quantitative estimate of drug-likeness (QED) is 0.519. The Morgan fingerprint density at radius 1 is 1.33 bits per heavy atom. The van der Waals surface area contributed by atoms with Gasteiger partial charge in [-0.05, 0) is 43.0 Å². The molecule has 0 aliphatic heterocycles. The highest BCUT2D eigenvalue weighted by Gasteiger charge is 2.17. The highest BCUT2D eigenvalue weighted by molar-refractivity contribution is 7.19. The van der Waals surface area contributed by atoms with Crippen molar-refractivity contribution in [1.29, 1.82) is 0 Å². The van der Waals surface area contributed by atoms with Crippen molar-refractivity contribution in [3.63, 3.8) is 0 Å². The van der Waals surface area contributed by atoms with Crippen LogP contribution in [0.5, 0.6) is 0 Å². The van der Waals surface area contributed by atoms with Crippen LogP contribution in [0, 0.1) is 12.7 Å². The lowest BCUT2D eigenvalue weighted by molar-refractivity contribution is 0.606. The second-order valence-electron chi connectivity index (χ2n) is 5.86. The summed E-state index contributed by atoms with van der Waals surface area (Å²) in [6, 6.07) is 1.74. The van der Waals surface area contributed by atoms with E-state index in [-0.39, 0.29) is 48.5 Å². The molecule has 0 aliphatic rings. The lowest BCUT2D eigenvalue weighted by Gasteiger charge is -2.07. The first kappa shape index (κ1) is 23.8. The summed E-state index contributed by atoms with van der Waals surface area (Å²) in [4.78, 5) is 13.6. The maximum Gasteiger partial charge on any atom is 0.224 e. The van der Waals surface area contributed by atoms with E-state index >= 15 is 0 Å². The molecule has 3 aromatic rings. The zero-order valence-electron chi connectivity index (χ0n) is 14.8. The summed E-state index contributed by atoms with van der Waals surface area (Å²) in [7, 11) is 0. The predicted molar refractivity (Wildman–Crippen MR) is 115 cm³/mol. The number of nitrogens with two attached hydrogens (primary N) is 1. The highest BCUT2D eigenvalue weighted by Crippen LogP contribution is 2.35. The van der Waals surface area contributed by atoms with Gasteiger partial charge in [-0.25, -0.2) is 9.37 Å². The maximum absolute atomic E-state index is 13.8. The standard InChI is InChI=1S/C17H19ClFN5S.2ClH/c1-3-11(20)6-13-9(2)14-15(25-13)16(24-17(18)23-14)22-7-10-4-5-21-8-12(10)19;;/h4-5,8,11H,3,6-7,20H2,1-2H3,(H,22,23,24);2*1H/t11-;;/m0../s1. The molecule has 0 aliphatic carbocycles. The third-order valence-electron chi connectivity index (χ3n) is 4.11. The van der Waals surface area contributed by atoms with Gasteiger partial charge in [-0.15, -0.1) is 36.2 Å². The molecule has 0 saturated heterocycles. The van der Waals surface area contributed by atoms with Gasteiger partial charge in [0, 0.05) is 29.2 Å². The summed E-state index contributed by atoms with van der Waals surface area (Å²) < 4.78 is 14.7. The molecule has 0 radical (unpaired) electrons. The Kier molecular flexibility index (Phi) is 9.11. The van der Waals surface area contributed by atoms with Crippen molar-refractivity contribution in [2.24, 2.45) is 5.73 Å². The summed E-state index contributed by atoms with van der Waals surface area (Å²) in [5, 5.41) is 3.33. The van der Waals surface area contributed by atoms with E-state index in [1.165, 1.54) is 11.1 Å². The summed E-state index contributed by atoms with van der Waals surface area (Å²) in [5.74, 6) is 0.249. The molecule has 3 aromatic heterocycles. The van der Waals surface area contributed by atoms with Gasteiger partial charge in [-0.3, -0.25) is 4.98 Å². The van der Waals surface area contributed by atoms with Crippen molar-refractivity contribution < 1.29 is 4.39 Å². The van der Waals surface area contributed by atoms with Gasteiger partial charge in [0.2, 0.25) is 5.28 Å².